The summed E-state index contributed by atoms with van der Waals surface area (Å²) in [6, 6.07) is 9.32. The second-order valence-corrected chi connectivity index (χ2v) is 10.5. The largest absolute Gasteiger partial charge is 0.349 e. The van der Waals surface area contributed by atoms with E-state index in [-0.39, 0.29) is 26.0 Å². The van der Waals surface area contributed by atoms with E-state index >= 15 is 0 Å². The van der Waals surface area contributed by atoms with Gasteiger partial charge >= 0.3 is 10.3 Å². The van der Waals surface area contributed by atoms with Crippen LogP contribution < -0.4 is 0 Å². The SMILES string of the molecule is CC(C)(C)N(S(=O)(=O)O)S(=O)(=O)c1ccc2c(c1)C(=O)c1ccccc1C2=O. The van der Waals surface area contributed by atoms with E-state index in [1.54, 1.807) is 12.1 Å². The molecule has 0 aliphatic heterocycles. The quantitative estimate of drug-likeness (QED) is 0.639. The molecule has 0 aromatic heterocycles. The molecule has 0 amide bonds. The molecule has 0 spiro atoms. The maximum Gasteiger partial charge on any atom is 0.349 e. The van der Waals surface area contributed by atoms with Gasteiger partial charge in [0.2, 0.25) is 0 Å². The van der Waals surface area contributed by atoms with Crippen molar-refractivity contribution in [3.05, 3.63) is 64.7 Å². The molecule has 0 unspecified atom stereocenters. The third kappa shape index (κ3) is 3.18. The lowest BCUT2D eigenvalue weighted by molar-refractivity contribution is 0.0979. The summed E-state index contributed by atoms with van der Waals surface area (Å²) in [5.74, 6) is -0.979. The topological polar surface area (TPSA) is 126 Å². The number of hydrogen-bond acceptors (Lipinski definition) is 6. The molecule has 8 nitrogen and oxygen atoms in total. The Hall–Kier alpha value is -2.40. The van der Waals surface area contributed by atoms with E-state index in [9.17, 15) is 31.0 Å². The van der Waals surface area contributed by atoms with Crippen molar-refractivity contribution < 1.29 is 31.0 Å². The number of sulfonamides is 1. The third-order valence-electron chi connectivity index (χ3n) is 4.17. The normalized spacial score (nSPS) is 14.8. The molecular weight excluding hydrogens is 406 g/mol. The van der Waals surface area contributed by atoms with E-state index in [2.05, 4.69) is 0 Å². The summed E-state index contributed by atoms with van der Waals surface area (Å²) < 4.78 is 58.8. The maximum absolute atomic E-state index is 12.9. The fourth-order valence-electron chi connectivity index (χ4n) is 3.17. The van der Waals surface area contributed by atoms with Gasteiger partial charge in [-0.25, -0.2) is 8.42 Å². The predicted octanol–water partition coefficient (Wildman–Crippen LogP) is 2.05. The second kappa shape index (κ2) is 6.31. The van der Waals surface area contributed by atoms with E-state index in [1.807, 2.05) is 0 Å². The van der Waals surface area contributed by atoms with E-state index in [0.717, 1.165) is 12.1 Å². The van der Waals surface area contributed by atoms with E-state index < -0.39 is 42.3 Å². The van der Waals surface area contributed by atoms with Gasteiger partial charge in [-0.15, -0.1) is 0 Å². The fraction of sp³-hybridized carbons (Fsp3) is 0.222. The van der Waals surface area contributed by atoms with Crippen LogP contribution in [0.2, 0.25) is 0 Å². The maximum atomic E-state index is 12.9. The molecule has 10 heteroatoms. The smallest absolute Gasteiger partial charge is 0.289 e. The molecule has 1 N–H and O–H groups in total. The van der Waals surface area contributed by atoms with Crippen LogP contribution in [0.15, 0.2) is 47.4 Å². The first-order valence-corrected chi connectivity index (χ1v) is 11.0. The molecule has 0 atom stereocenters. The zero-order chi connectivity index (χ0) is 21.1. The average molecular weight is 423 g/mol. The molecule has 0 heterocycles. The Morgan fingerprint density at radius 2 is 1.25 bits per heavy atom. The first-order chi connectivity index (χ1) is 12.8. The molecule has 28 heavy (non-hydrogen) atoms. The van der Waals surface area contributed by atoms with Crippen LogP contribution >= 0.6 is 0 Å². The number of ketones is 2. The number of carbonyl (C=O) groups is 2. The first-order valence-electron chi connectivity index (χ1n) is 8.12. The van der Waals surface area contributed by atoms with Crippen molar-refractivity contribution in [3.8, 4) is 0 Å². The zero-order valence-corrected chi connectivity index (χ0v) is 16.8. The van der Waals surface area contributed by atoms with Gasteiger partial charge in [0.1, 0.15) is 0 Å². The van der Waals surface area contributed by atoms with Gasteiger partial charge < -0.3 is 0 Å². The minimum atomic E-state index is -5.13. The van der Waals surface area contributed by atoms with Crippen molar-refractivity contribution in [1.29, 1.82) is 0 Å². The van der Waals surface area contributed by atoms with Crippen molar-refractivity contribution in [2.75, 3.05) is 0 Å². The lowest BCUT2D eigenvalue weighted by Crippen LogP contribution is -2.48. The highest BCUT2D eigenvalue weighted by Gasteiger charge is 2.43. The van der Waals surface area contributed by atoms with Crippen molar-refractivity contribution in [2.24, 2.45) is 0 Å². The van der Waals surface area contributed by atoms with Crippen LogP contribution in [-0.4, -0.2) is 42.2 Å². The summed E-state index contributed by atoms with van der Waals surface area (Å²) in [6.45, 7) is 3.88. The number of hydrogen-bond donors (Lipinski definition) is 1. The molecule has 0 radical (unpaired) electrons. The third-order valence-corrected chi connectivity index (χ3v) is 8.12. The molecule has 1 aliphatic rings. The number of fused-ring (bicyclic) bond motifs is 2. The van der Waals surface area contributed by atoms with E-state index in [0.29, 0.717) is 0 Å². The van der Waals surface area contributed by atoms with Gasteiger partial charge in [0, 0.05) is 27.8 Å². The van der Waals surface area contributed by atoms with Gasteiger partial charge in [-0.2, -0.15) is 8.42 Å². The lowest BCUT2D eigenvalue weighted by atomic mass is 9.84. The van der Waals surface area contributed by atoms with Crippen LogP contribution in [0.1, 0.15) is 52.6 Å². The summed E-state index contributed by atoms with van der Waals surface area (Å²) in [5.41, 5.74) is -1.28. The first kappa shape index (κ1) is 20.3. The fourth-order valence-corrected chi connectivity index (χ4v) is 6.53. The minimum Gasteiger partial charge on any atom is -0.289 e. The molecule has 0 saturated carbocycles. The van der Waals surface area contributed by atoms with E-state index in [1.165, 1.54) is 39.0 Å². The standard InChI is InChI=1S/C18H17NO7S2/c1-18(2,3)19(28(24,25)26)27(22,23)11-8-9-14-15(10-11)17(21)13-7-5-4-6-12(13)16(14)20/h4-10H,1-3H3,(H,24,25,26). The highest BCUT2D eigenvalue weighted by atomic mass is 32.3. The van der Waals surface area contributed by atoms with Crippen LogP contribution in [-0.2, 0) is 20.3 Å². The number of rotatable bonds is 3. The monoisotopic (exact) mass is 423 g/mol. The molecular formula is C18H17NO7S2. The van der Waals surface area contributed by atoms with Crippen LogP contribution in [0.5, 0.6) is 0 Å². The Bertz CT molecular complexity index is 1220. The van der Waals surface area contributed by atoms with Crippen LogP contribution in [0.3, 0.4) is 0 Å². The van der Waals surface area contributed by atoms with Gasteiger partial charge in [-0.3, -0.25) is 14.1 Å². The van der Waals surface area contributed by atoms with Crippen LogP contribution in [0.25, 0.3) is 0 Å². The number of benzene rings is 2. The Balaban J connectivity index is 2.22. The summed E-state index contributed by atoms with van der Waals surface area (Å²) in [6.07, 6.45) is 0. The predicted molar refractivity (Wildman–Crippen MR) is 100 cm³/mol. The van der Waals surface area contributed by atoms with Crippen LogP contribution in [0, 0.1) is 0 Å². The summed E-state index contributed by atoms with van der Waals surface area (Å²) >= 11 is 0. The lowest BCUT2D eigenvalue weighted by Gasteiger charge is -2.31. The van der Waals surface area contributed by atoms with Gasteiger partial charge in [-0.05, 0) is 39.0 Å². The van der Waals surface area contributed by atoms with Gasteiger partial charge in [-0.1, -0.05) is 28.0 Å². The molecule has 148 valence electrons. The molecule has 2 aromatic carbocycles. The van der Waals surface area contributed by atoms with Crippen molar-refractivity contribution in [1.82, 2.24) is 3.71 Å². The minimum absolute atomic E-state index is 0.0248. The van der Waals surface area contributed by atoms with Crippen molar-refractivity contribution in [2.45, 2.75) is 31.2 Å². The molecule has 0 bridgehead atoms. The summed E-state index contributed by atoms with van der Waals surface area (Å²) in [4.78, 5) is 24.9. The number of carbonyl (C=O) groups excluding carboxylic acids is 2. The molecule has 2 aromatic rings. The van der Waals surface area contributed by atoms with Crippen molar-refractivity contribution in [3.63, 3.8) is 0 Å². The molecule has 0 fully saturated rings. The van der Waals surface area contributed by atoms with Crippen molar-refractivity contribution >= 4 is 31.9 Å². The van der Waals surface area contributed by atoms with E-state index in [4.69, 9.17) is 0 Å². The zero-order valence-electron chi connectivity index (χ0n) is 15.2. The molecule has 3 rings (SSSR count). The second-order valence-electron chi connectivity index (χ2n) is 7.26. The summed E-state index contributed by atoms with van der Waals surface area (Å²) in [5, 5.41) is 0. The molecule has 0 saturated heterocycles. The highest BCUT2D eigenvalue weighted by Crippen LogP contribution is 2.32. The molecule has 1 aliphatic carbocycles. The summed E-state index contributed by atoms with van der Waals surface area (Å²) in [7, 11) is -9.87. The van der Waals surface area contributed by atoms with Gasteiger partial charge in [0.15, 0.2) is 11.6 Å². The Labute approximate surface area is 162 Å². The highest BCUT2D eigenvalue weighted by molar-refractivity contribution is 8.01. The van der Waals surface area contributed by atoms with Crippen LogP contribution in [0.4, 0.5) is 0 Å². The Morgan fingerprint density at radius 1 is 0.786 bits per heavy atom. The average Bonchev–Trinajstić information content (AvgIpc) is 2.56. The Kier molecular flexibility index (Phi) is 4.58. The van der Waals surface area contributed by atoms with Gasteiger partial charge in [0.05, 0.1) is 4.90 Å². The van der Waals surface area contributed by atoms with Gasteiger partial charge in [0.25, 0.3) is 10.0 Å². The number of nitrogens with zero attached hydrogens (tertiary/aromatic N) is 1. The Morgan fingerprint density at radius 3 is 1.71 bits per heavy atom.